The fourth-order valence-corrected chi connectivity index (χ4v) is 2.96. The highest BCUT2D eigenvalue weighted by atomic mass is 19.4. The maximum atomic E-state index is 12.3. The number of benzene rings is 1. The van der Waals surface area contributed by atoms with E-state index in [1.165, 1.54) is 31.3 Å². The van der Waals surface area contributed by atoms with Crippen molar-refractivity contribution in [1.82, 2.24) is 9.97 Å². The molecule has 8 heteroatoms. The second-order valence-electron chi connectivity index (χ2n) is 6.33. The van der Waals surface area contributed by atoms with Gasteiger partial charge in [-0.3, -0.25) is 0 Å². The van der Waals surface area contributed by atoms with Gasteiger partial charge in [0.2, 0.25) is 0 Å². The van der Waals surface area contributed by atoms with Crippen molar-refractivity contribution < 1.29 is 17.9 Å². The number of anilines is 2. The smallest absolute Gasteiger partial charge is 0.406 e. The summed E-state index contributed by atoms with van der Waals surface area (Å²) in [6, 6.07) is 6.95. The Labute approximate surface area is 142 Å². The first-order valence-electron chi connectivity index (χ1n) is 8.17. The van der Waals surface area contributed by atoms with Crippen LogP contribution in [0.1, 0.15) is 24.0 Å². The summed E-state index contributed by atoms with van der Waals surface area (Å²) in [5.74, 6) is 1.46. The first kappa shape index (κ1) is 16.0. The average Bonchev–Trinajstić information content (AvgIpc) is 3.37. The second-order valence-corrected chi connectivity index (χ2v) is 6.33. The Balaban J connectivity index is 1.49. The van der Waals surface area contributed by atoms with Gasteiger partial charge < -0.3 is 15.0 Å². The van der Waals surface area contributed by atoms with Crippen LogP contribution in [-0.2, 0) is 13.0 Å². The van der Waals surface area contributed by atoms with Crippen LogP contribution >= 0.6 is 0 Å². The van der Waals surface area contributed by atoms with Crippen LogP contribution in [0.25, 0.3) is 0 Å². The molecule has 1 aliphatic carbocycles. The molecule has 0 saturated heterocycles. The highest BCUT2D eigenvalue weighted by Gasteiger charge is 2.31. The number of nitrogens with one attached hydrogen (secondary N) is 1. The highest BCUT2D eigenvalue weighted by Crippen LogP contribution is 2.30. The number of hydrogen-bond donors (Lipinski definition) is 1. The fourth-order valence-electron chi connectivity index (χ4n) is 2.96. The maximum absolute atomic E-state index is 12.3. The van der Waals surface area contributed by atoms with Crippen LogP contribution in [0.2, 0.25) is 0 Å². The molecule has 25 heavy (non-hydrogen) atoms. The van der Waals surface area contributed by atoms with Crippen LogP contribution in [0.5, 0.6) is 5.75 Å². The molecule has 1 aliphatic heterocycles. The van der Waals surface area contributed by atoms with Crippen molar-refractivity contribution in [2.24, 2.45) is 0 Å². The molecule has 2 aromatic rings. The molecule has 1 fully saturated rings. The molecule has 2 heterocycles. The molecule has 0 amide bonds. The van der Waals surface area contributed by atoms with Crippen molar-refractivity contribution in [1.29, 1.82) is 0 Å². The third-order valence-corrected chi connectivity index (χ3v) is 4.33. The highest BCUT2D eigenvalue weighted by molar-refractivity contribution is 5.52. The minimum Gasteiger partial charge on any atom is -0.406 e. The molecule has 0 unspecified atom stereocenters. The molecule has 132 valence electrons. The number of rotatable bonds is 4. The summed E-state index contributed by atoms with van der Waals surface area (Å²) in [7, 11) is 0. The lowest BCUT2D eigenvalue weighted by molar-refractivity contribution is -0.274. The summed E-state index contributed by atoms with van der Waals surface area (Å²) < 4.78 is 41.0. The molecule has 0 radical (unpaired) electrons. The quantitative estimate of drug-likeness (QED) is 0.914. The predicted molar refractivity (Wildman–Crippen MR) is 86.6 cm³/mol. The number of nitrogens with zero attached hydrogens (tertiary/aromatic N) is 3. The van der Waals surface area contributed by atoms with Gasteiger partial charge in [0, 0.05) is 25.2 Å². The third-order valence-electron chi connectivity index (χ3n) is 4.33. The van der Waals surface area contributed by atoms with Crippen LogP contribution in [0, 0.1) is 0 Å². The van der Waals surface area contributed by atoms with Gasteiger partial charge in [0.05, 0.1) is 0 Å². The van der Waals surface area contributed by atoms with Gasteiger partial charge in [0.25, 0.3) is 0 Å². The number of aromatic nitrogens is 2. The van der Waals surface area contributed by atoms with Crippen LogP contribution in [-0.4, -0.2) is 28.9 Å². The zero-order valence-corrected chi connectivity index (χ0v) is 13.4. The molecule has 1 N–H and O–H groups in total. The SMILES string of the molecule is FC(F)(F)Oc1ccc2c(c1)CCN(c1cc(NC3CC3)ncn1)C2. The minimum absolute atomic E-state index is 0.169. The molecule has 4 rings (SSSR count). The van der Waals surface area contributed by atoms with Gasteiger partial charge in [-0.25, -0.2) is 9.97 Å². The molecule has 2 aliphatic rings. The summed E-state index contributed by atoms with van der Waals surface area (Å²) in [5, 5.41) is 3.34. The van der Waals surface area contributed by atoms with Gasteiger partial charge in [0.1, 0.15) is 23.7 Å². The monoisotopic (exact) mass is 350 g/mol. The summed E-state index contributed by atoms with van der Waals surface area (Å²) in [4.78, 5) is 10.7. The third kappa shape index (κ3) is 3.94. The Hall–Kier alpha value is -2.51. The Morgan fingerprint density at radius 1 is 1.12 bits per heavy atom. The van der Waals surface area contributed by atoms with Crippen LogP contribution < -0.4 is 15.0 Å². The lowest BCUT2D eigenvalue weighted by Crippen LogP contribution is -2.31. The van der Waals surface area contributed by atoms with E-state index < -0.39 is 6.36 Å². The van der Waals surface area contributed by atoms with E-state index in [-0.39, 0.29) is 5.75 Å². The van der Waals surface area contributed by atoms with Crippen molar-refractivity contribution in [3.63, 3.8) is 0 Å². The normalized spacial score (nSPS) is 17.2. The van der Waals surface area contributed by atoms with Gasteiger partial charge in [-0.2, -0.15) is 0 Å². The zero-order valence-electron chi connectivity index (χ0n) is 13.4. The number of hydrogen-bond acceptors (Lipinski definition) is 5. The van der Waals surface area contributed by atoms with E-state index in [1.54, 1.807) is 6.07 Å². The Bertz CT molecular complexity index is 777. The standard InChI is InChI=1S/C17H17F3N4O/c18-17(19,20)25-14-4-1-12-9-24(6-5-11(12)7-14)16-8-15(21-10-22-16)23-13-2-3-13/h1,4,7-8,10,13H,2-3,5-6,9H2,(H,21,22,23). The van der Waals surface area contributed by atoms with E-state index >= 15 is 0 Å². The van der Waals surface area contributed by atoms with Gasteiger partial charge in [-0.05, 0) is 42.5 Å². The van der Waals surface area contributed by atoms with Crippen molar-refractivity contribution in [3.05, 3.63) is 41.7 Å². The van der Waals surface area contributed by atoms with Gasteiger partial charge in [0.15, 0.2) is 0 Å². The molecule has 0 bridgehead atoms. The molecular weight excluding hydrogens is 333 g/mol. The molecule has 5 nitrogen and oxygen atoms in total. The van der Waals surface area contributed by atoms with E-state index in [2.05, 4.69) is 24.9 Å². The summed E-state index contributed by atoms with van der Waals surface area (Å²) in [6.45, 7) is 1.28. The van der Waals surface area contributed by atoms with Gasteiger partial charge >= 0.3 is 6.36 Å². The summed E-state index contributed by atoms with van der Waals surface area (Å²) >= 11 is 0. The topological polar surface area (TPSA) is 50.3 Å². The van der Waals surface area contributed by atoms with Crippen molar-refractivity contribution in [3.8, 4) is 5.75 Å². The van der Waals surface area contributed by atoms with Gasteiger partial charge in [-0.15, -0.1) is 13.2 Å². The molecular formula is C17H17F3N4O. The molecule has 0 spiro atoms. The van der Waals surface area contributed by atoms with Gasteiger partial charge in [-0.1, -0.05) is 6.07 Å². The van der Waals surface area contributed by atoms with E-state index in [9.17, 15) is 13.2 Å². The van der Waals surface area contributed by atoms with Crippen LogP contribution in [0.15, 0.2) is 30.6 Å². The van der Waals surface area contributed by atoms with E-state index in [4.69, 9.17) is 0 Å². The predicted octanol–water partition coefficient (Wildman–Crippen LogP) is 3.51. The summed E-state index contributed by atoms with van der Waals surface area (Å²) in [5.41, 5.74) is 1.86. The van der Waals surface area contributed by atoms with E-state index in [0.717, 1.165) is 22.8 Å². The first-order valence-corrected chi connectivity index (χ1v) is 8.17. The number of alkyl halides is 3. The van der Waals surface area contributed by atoms with Crippen LogP contribution in [0.4, 0.5) is 24.8 Å². The summed E-state index contributed by atoms with van der Waals surface area (Å²) in [6.07, 6.45) is -0.159. The maximum Gasteiger partial charge on any atom is 0.573 e. The Morgan fingerprint density at radius 3 is 2.72 bits per heavy atom. The lowest BCUT2D eigenvalue weighted by Gasteiger charge is -2.30. The average molecular weight is 350 g/mol. The van der Waals surface area contributed by atoms with Crippen LogP contribution in [0.3, 0.4) is 0 Å². The number of fused-ring (bicyclic) bond motifs is 1. The Morgan fingerprint density at radius 2 is 1.96 bits per heavy atom. The number of halogens is 3. The number of ether oxygens (including phenoxy) is 1. The van der Waals surface area contributed by atoms with E-state index in [1.807, 2.05) is 6.07 Å². The Kier molecular flexibility index (Phi) is 3.89. The molecule has 1 aromatic carbocycles. The fraction of sp³-hybridized carbons (Fsp3) is 0.412. The van der Waals surface area contributed by atoms with E-state index in [0.29, 0.717) is 25.6 Å². The van der Waals surface area contributed by atoms with Crippen molar-refractivity contribution in [2.45, 2.75) is 38.2 Å². The minimum atomic E-state index is -4.67. The van der Waals surface area contributed by atoms with Crippen molar-refractivity contribution in [2.75, 3.05) is 16.8 Å². The molecule has 1 aromatic heterocycles. The zero-order chi connectivity index (χ0) is 17.4. The largest absolute Gasteiger partial charge is 0.573 e. The second kappa shape index (κ2) is 6.09. The first-order chi connectivity index (χ1) is 12.0. The van der Waals surface area contributed by atoms with Crippen molar-refractivity contribution >= 4 is 11.6 Å². The molecule has 1 saturated carbocycles. The molecule has 0 atom stereocenters. The lowest BCUT2D eigenvalue weighted by atomic mass is 9.99.